The molecule has 2 aromatic rings. The van der Waals surface area contributed by atoms with Crippen molar-refractivity contribution in [3.63, 3.8) is 0 Å². The van der Waals surface area contributed by atoms with E-state index in [0.29, 0.717) is 11.8 Å². The Bertz CT molecular complexity index is 805. The first-order valence-electron chi connectivity index (χ1n) is 6.16. The van der Waals surface area contributed by atoms with E-state index in [1.54, 1.807) is 0 Å². The zero-order valence-electron chi connectivity index (χ0n) is 11.7. The molecule has 0 aliphatic carbocycles. The smallest absolute Gasteiger partial charge is 0.416 e. The van der Waals surface area contributed by atoms with Crippen LogP contribution in [0, 0.1) is 0 Å². The second-order valence-corrected chi connectivity index (χ2v) is 7.11. The molecule has 0 aromatic heterocycles. The van der Waals surface area contributed by atoms with E-state index in [4.69, 9.17) is 4.74 Å². The molecule has 2 aromatic carbocycles. The minimum Gasteiger partial charge on any atom is -0.497 e. The largest absolute Gasteiger partial charge is 0.497 e. The van der Waals surface area contributed by atoms with Gasteiger partial charge >= 0.3 is 6.18 Å². The first-order valence-corrected chi connectivity index (χ1v) is 8.44. The highest BCUT2D eigenvalue weighted by atomic mass is 79.9. The van der Waals surface area contributed by atoms with Crippen molar-refractivity contribution < 1.29 is 26.3 Å². The second-order valence-electron chi connectivity index (χ2n) is 4.51. The van der Waals surface area contributed by atoms with E-state index in [9.17, 15) is 21.6 Å². The molecular weight excluding hydrogens is 399 g/mol. The molecule has 23 heavy (non-hydrogen) atoms. The van der Waals surface area contributed by atoms with Crippen molar-refractivity contribution in [2.75, 3.05) is 11.8 Å². The molecule has 0 aliphatic rings. The van der Waals surface area contributed by atoms with Crippen LogP contribution in [0.2, 0.25) is 0 Å². The van der Waals surface area contributed by atoms with Gasteiger partial charge < -0.3 is 4.74 Å². The van der Waals surface area contributed by atoms with Crippen molar-refractivity contribution in [1.82, 2.24) is 0 Å². The number of rotatable bonds is 4. The van der Waals surface area contributed by atoms with Crippen LogP contribution in [0.25, 0.3) is 0 Å². The van der Waals surface area contributed by atoms with Gasteiger partial charge in [-0.2, -0.15) is 13.2 Å². The van der Waals surface area contributed by atoms with Gasteiger partial charge in [0.25, 0.3) is 10.0 Å². The van der Waals surface area contributed by atoms with Crippen LogP contribution in [0.15, 0.2) is 51.8 Å². The molecule has 0 saturated carbocycles. The van der Waals surface area contributed by atoms with E-state index in [1.165, 1.54) is 31.4 Å². The van der Waals surface area contributed by atoms with Crippen LogP contribution in [0.1, 0.15) is 5.56 Å². The number of ether oxygens (including phenoxy) is 1. The molecule has 0 heterocycles. The average molecular weight is 410 g/mol. The minimum absolute atomic E-state index is 0.0161. The van der Waals surface area contributed by atoms with E-state index >= 15 is 0 Å². The molecule has 0 bridgehead atoms. The fraction of sp³-hybridized carbons (Fsp3) is 0.143. The van der Waals surface area contributed by atoms with Gasteiger partial charge in [-0.25, -0.2) is 8.42 Å². The molecule has 0 saturated heterocycles. The summed E-state index contributed by atoms with van der Waals surface area (Å²) in [5.74, 6) is 0.523. The second kappa shape index (κ2) is 6.40. The monoisotopic (exact) mass is 409 g/mol. The van der Waals surface area contributed by atoms with Crippen molar-refractivity contribution in [2.24, 2.45) is 0 Å². The minimum atomic E-state index is -4.64. The fourth-order valence-electron chi connectivity index (χ4n) is 1.75. The molecule has 0 aliphatic heterocycles. The molecule has 0 fully saturated rings. The van der Waals surface area contributed by atoms with E-state index < -0.39 is 26.7 Å². The summed E-state index contributed by atoms with van der Waals surface area (Å²) in [7, 11) is -2.70. The van der Waals surface area contributed by atoms with E-state index in [1.807, 2.05) is 0 Å². The van der Waals surface area contributed by atoms with Crippen LogP contribution in [-0.4, -0.2) is 15.5 Å². The van der Waals surface area contributed by atoms with Crippen LogP contribution in [0.4, 0.5) is 18.9 Å². The topological polar surface area (TPSA) is 55.4 Å². The number of alkyl halides is 3. The SMILES string of the molecule is COc1ccc(NS(=O)(=O)c2cc(Br)cc(C(F)(F)F)c2)cc1. The maximum Gasteiger partial charge on any atom is 0.416 e. The maximum absolute atomic E-state index is 12.8. The lowest BCUT2D eigenvalue weighted by Crippen LogP contribution is -2.14. The Morgan fingerprint density at radius 1 is 1.09 bits per heavy atom. The number of hydrogen-bond donors (Lipinski definition) is 1. The standard InChI is InChI=1S/C14H11BrF3NO3S/c1-22-12-4-2-11(3-5-12)19-23(20,21)13-7-9(14(16,17)18)6-10(15)8-13/h2-8,19H,1H3. The van der Waals surface area contributed by atoms with Gasteiger partial charge in [-0.1, -0.05) is 15.9 Å². The highest BCUT2D eigenvalue weighted by Gasteiger charge is 2.32. The number of anilines is 1. The maximum atomic E-state index is 12.8. The van der Waals surface area contributed by atoms with Crippen molar-refractivity contribution in [3.8, 4) is 5.75 Å². The van der Waals surface area contributed by atoms with Crippen LogP contribution in [0.5, 0.6) is 5.75 Å². The Hall–Kier alpha value is -1.74. The normalized spacial score (nSPS) is 12.0. The predicted octanol–water partition coefficient (Wildman–Crippen LogP) is 4.28. The van der Waals surface area contributed by atoms with Gasteiger partial charge in [0.15, 0.2) is 0 Å². The third-order valence-electron chi connectivity index (χ3n) is 2.85. The summed E-state index contributed by atoms with van der Waals surface area (Å²) in [6, 6.07) is 8.43. The number of benzene rings is 2. The lowest BCUT2D eigenvalue weighted by molar-refractivity contribution is -0.137. The fourth-order valence-corrected chi connectivity index (χ4v) is 3.53. The summed E-state index contributed by atoms with van der Waals surface area (Å²) in [6.07, 6.45) is -4.64. The van der Waals surface area contributed by atoms with Gasteiger partial charge in [0.05, 0.1) is 17.6 Å². The molecule has 0 radical (unpaired) electrons. The summed E-state index contributed by atoms with van der Waals surface area (Å²) in [5.41, 5.74) is -0.846. The molecule has 124 valence electrons. The Kier molecular flexibility index (Phi) is 4.90. The number of sulfonamides is 1. The van der Waals surface area contributed by atoms with Gasteiger partial charge in [0, 0.05) is 10.2 Å². The summed E-state index contributed by atoms with van der Waals surface area (Å²) >= 11 is 2.89. The van der Waals surface area contributed by atoms with Crippen LogP contribution < -0.4 is 9.46 Å². The molecule has 0 amide bonds. The Balaban J connectivity index is 2.37. The Morgan fingerprint density at radius 2 is 1.70 bits per heavy atom. The van der Waals surface area contributed by atoms with Crippen LogP contribution in [-0.2, 0) is 16.2 Å². The quantitative estimate of drug-likeness (QED) is 0.819. The Labute approximate surface area is 139 Å². The molecule has 1 N–H and O–H groups in total. The van der Waals surface area contributed by atoms with Gasteiger partial charge in [-0.15, -0.1) is 0 Å². The van der Waals surface area contributed by atoms with Crippen molar-refractivity contribution >= 4 is 31.6 Å². The third-order valence-corrected chi connectivity index (χ3v) is 4.67. The van der Waals surface area contributed by atoms with E-state index in [2.05, 4.69) is 20.7 Å². The van der Waals surface area contributed by atoms with Gasteiger partial charge in [-0.3, -0.25) is 4.72 Å². The molecule has 9 heteroatoms. The van der Waals surface area contributed by atoms with Gasteiger partial charge in [0.1, 0.15) is 5.75 Å². The molecule has 4 nitrogen and oxygen atoms in total. The number of methoxy groups -OCH3 is 1. The molecule has 2 rings (SSSR count). The number of hydrogen-bond acceptors (Lipinski definition) is 3. The summed E-state index contributed by atoms with van der Waals surface area (Å²) in [5, 5.41) is 0. The molecule has 0 unspecified atom stereocenters. The predicted molar refractivity (Wildman–Crippen MR) is 82.9 cm³/mol. The van der Waals surface area contributed by atoms with Crippen molar-refractivity contribution in [1.29, 1.82) is 0 Å². The highest BCUT2D eigenvalue weighted by molar-refractivity contribution is 9.10. The first-order chi connectivity index (χ1) is 10.6. The Morgan fingerprint density at radius 3 is 2.22 bits per heavy atom. The zero-order valence-corrected chi connectivity index (χ0v) is 14.1. The lowest BCUT2D eigenvalue weighted by Gasteiger charge is -2.12. The average Bonchev–Trinajstić information content (AvgIpc) is 2.46. The van der Waals surface area contributed by atoms with Gasteiger partial charge in [0.2, 0.25) is 0 Å². The van der Waals surface area contributed by atoms with Crippen molar-refractivity contribution in [2.45, 2.75) is 11.1 Å². The molecule has 0 spiro atoms. The zero-order chi connectivity index (χ0) is 17.3. The van der Waals surface area contributed by atoms with E-state index in [-0.39, 0.29) is 10.2 Å². The van der Waals surface area contributed by atoms with Crippen LogP contribution >= 0.6 is 15.9 Å². The van der Waals surface area contributed by atoms with Gasteiger partial charge in [-0.05, 0) is 42.5 Å². The molecule has 0 atom stereocenters. The number of nitrogens with one attached hydrogen (secondary N) is 1. The first kappa shape index (κ1) is 17.6. The molecular formula is C14H11BrF3NO3S. The highest BCUT2D eigenvalue weighted by Crippen LogP contribution is 2.33. The van der Waals surface area contributed by atoms with Crippen molar-refractivity contribution in [3.05, 3.63) is 52.5 Å². The lowest BCUT2D eigenvalue weighted by atomic mass is 10.2. The summed E-state index contributed by atoms with van der Waals surface area (Å²) in [4.78, 5) is -0.491. The third kappa shape index (κ3) is 4.38. The van der Waals surface area contributed by atoms with E-state index in [0.717, 1.165) is 12.1 Å². The van der Waals surface area contributed by atoms with Crippen LogP contribution in [0.3, 0.4) is 0 Å². The summed E-state index contributed by atoms with van der Waals surface area (Å²) in [6.45, 7) is 0. The number of halogens is 4. The summed E-state index contributed by atoms with van der Waals surface area (Å²) < 4.78 is 70.1.